The number of aromatic amines is 2. The van der Waals surface area contributed by atoms with Gasteiger partial charge in [-0.3, -0.25) is 9.59 Å². The normalized spacial score (nSPS) is 19.8. The number of benzene rings is 1. The molecule has 2 amide bonds. The van der Waals surface area contributed by atoms with Gasteiger partial charge in [-0.15, -0.1) is 20.4 Å². The predicted molar refractivity (Wildman–Crippen MR) is 170 cm³/mol. The molecule has 3 atom stereocenters. The molecule has 1 aromatic carbocycles. The lowest BCUT2D eigenvalue weighted by Gasteiger charge is -2.25. The van der Waals surface area contributed by atoms with E-state index >= 15 is 0 Å². The number of fused-ring (bicyclic) bond motifs is 2. The molecule has 0 saturated heterocycles. The summed E-state index contributed by atoms with van der Waals surface area (Å²) in [4.78, 5) is 32.2. The van der Waals surface area contributed by atoms with E-state index in [-0.39, 0.29) is 30.1 Å². The van der Waals surface area contributed by atoms with E-state index in [0.717, 1.165) is 69.7 Å². The molecule has 2 aliphatic rings. The average Bonchev–Trinajstić information content (AvgIpc) is 3.82. The summed E-state index contributed by atoms with van der Waals surface area (Å²) in [5, 5.41) is 27.3. The summed E-state index contributed by atoms with van der Waals surface area (Å²) in [5.74, 6) is 0.718. The number of carbonyl (C=O) groups is 2. The van der Waals surface area contributed by atoms with Crippen LogP contribution in [0.4, 0.5) is 10.3 Å². The maximum atomic E-state index is 12.8. The Hall–Kier alpha value is -4.16. The third-order valence-electron chi connectivity index (χ3n) is 8.43. The van der Waals surface area contributed by atoms with Gasteiger partial charge in [-0.25, -0.2) is 0 Å². The minimum absolute atomic E-state index is 0.0919. The van der Waals surface area contributed by atoms with Crippen molar-refractivity contribution in [3.8, 4) is 0 Å². The standard InChI is InChI=1S/C31H32N8O2S2/c1-17-6-4-10-23-21(16-33-27(17)23)14-26(41)35-31-39-37-29(43-31)19-8-5-7-18(12-19)28-36-38-30(42-28)34-25(40)13-20-15-32-24-11-3-2-9-22(20)24/h2-4,9-11,15-19,32-33H,5-8,12-14H2,1H3,(H,34,38,40)(H,35,39,41). The van der Waals surface area contributed by atoms with Gasteiger partial charge >= 0.3 is 0 Å². The van der Waals surface area contributed by atoms with Crippen LogP contribution >= 0.6 is 22.7 Å². The van der Waals surface area contributed by atoms with E-state index in [2.05, 4.69) is 60.1 Å². The Morgan fingerprint density at radius 2 is 1.53 bits per heavy atom. The van der Waals surface area contributed by atoms with E-state index in [1.54, 1.807) is 0 Å². The molecule has 5 aromatic rings. The summed E-state index contributed by atoms with van der Waals surface area (Å²) in [6, 6.07) is 7.95. The SMILES string of the molecule is CC1CC=Cc2c(CC(=O)Nc3nnc(C4CCCC(c5nnc(NC(=O)Cc6c[nH]c7ccccc67)s5)C4)s3)c[nH]c21. The average molecular weight is 613 g/mol. The highest BCUT2D eigenvalue weighted by molar-refractivity contribution is 7.15. The van der Waals surface area contributed by atoms with E-state index in [0.29, 0.717) is 22.6 Å². The van der Waals surface area contributed by atoms with Crippen molar-refractivity contribution >= 4 is 61.7 Å². The first-order valence-corrected chi connectivity index (χ1v) is 16.3. The number of anilines is 2. The van der Waals surface area contributed by atoms with Gasteiger partial charge in [0.2, 0.25) is 22.1 Å². The second-order valence-corrected chi connectivity index (χ2v) is 13.5. The maximum Gasteiger partial charge on any atom is 0.230 e. The second-order valence-electron chi connectivity index (χ2n) is 11.4. The van der Waals surface area contributed by atoms with Gasteiger partial charge in [-0.05, 0) is 48.4 Å². The number of rotatable bonds is 8. The fourth-order valence-corrected chi connectivity index (χ4v) is 8.06. The molecule has 0 aliphatic heterocycles. The molecule has 43 heavy (non-hydrogen) atoms. The third kappa shape index (κ3) is 5.89. The van der Waals surface area contributed by atoms with Crippen molar-refractivity contribution in [3.63, 3.8) is 0 Å². The van der Waals surface area contributed by atoms with Crippen molar-refractivity contribution in [3.05, 3.63) is 75.1 Å². The lowest BCUT2D eigenvalue weighted by molar-refractivity contribution is -0.116. The molecule has 4 aromatic heterocycles. The molecule has 0 bridgehead atoms. The zero-order valence-corrected chi connectivity index (χ0v) is 25.4. The maximum absolute atomic E-state index is 12.8. The fraction of sp³-hybridized carbons (Fsp3) is 0.355. The molecule has 4 N–H and O–H groups in total. The zero-order chi connectivity index (χ0) is 29.3. The number of hydrogen-bond donors (Lipinski definition) is 4. The Bertz CT molecular complexity index is 1810. The summed E-state index contributed by atoms with van der Waals surface area (Å²) in [7, 11) is 0. The molecular weight excluding hydrogens is 581 g/mol. The van der Waals surface area contributed by atoms with E-state index in [4.69, 9.17) is 0 Å². The quantitative estimate of drug-likeness (QED) is 0.157. The Morgan fingerprint density at radius 3 is 2.26 bits per heavy atom. The van der Waals surface area contributed by atoms with Crippen LogP contribution in [0.25, 0.3) is 17.0 Å². The Labute approximate surface area is 256 Å². The van der Waals surface area contributed by atoms with E-state index < -0.39 is 0 Å². The number of H-pyrrole nitrogens is 2. The number of para-hydroxylation sites is 1. The van der Waals surface area contributed by atoms with Crippen LogP contribution in [0.2, 0.25) is 0 Å². The molecule has 4 heterocycles. The van der Waals surface area contributed by atoms with Gasteiger partial charge in [0.15, 0.2) is 0 Å². The number of allylic oxidation sites excluding steroid dienone is 1. The third-order valence-corrected chi connectivity index (χ3v) is 10.4. The molecule has 1 fully saturated rings. The summed E-state index contributed by atoms with van der Waals surface area (Å²) >= 11 is 2.90. The zero-order valence-electron chi connectivity index (χ0n) is 23.7. The molecule has 7 rings (SSSR count). The number of hydrogen-bond acceptors (Lipinski definition) is 8. The minimum Gasteiger partial charge on any atom is -0.364 e. The van der Waals surface area contributed by atoms with Crippen LogP contribution in [-0.4, -0.2) is 42.2 Å². The van der Waals surface area contributed by atoms with Gasteiger partial charge in [0.1, 0.15) is 10.0 Å². The van der Waals surface area contributed by atoms with E-state index in [1.165, 1.54) is 28.4 Å². The highest BCUT2D eigenvalue weighted by Gasteiger charge is 2.30. The molecule has 2 aliphatic carbocycles. The first-order chi connectivity index (χ1) is 21.0. The van der Waals surface area contributed by atoms with Gasteiger partial charge in [-0.2, -0.15) is 0 Å². The molecule has 10 nitrogen and oxygen atoms in total. The van der Waals surface area contributed by atoms with E-state index in [1.807, 2.05) is 36.7 Å². The van der Waals surface area contributed by atoms with Crippen molar-refractivity contribution < 1.29 is 9.59 Å². The number of nitrogens with one attached hydrogen (secondary N) is 4. The summed E-state index contributed by atoms with van der Waals surface area (Å²) in [6.45, 7) is 2.19. The number of nitrogens with zero attached hydrogens (tertiary/aromatic N) is 4. The number of amides is 2. The highest BCUT2D eigenvalue weighted by atomic mass is 32.1. The van der Waals surface area contributed by atoms with Crippen LogP contribution in [0.5, 0.6) is 0 Å². The van der Waals surface area contributed by atoms with E-state index in [9.17, 15) is 9.59 Å². The summed E-state index contributed by atoms with van der Waals surface area (Å²) in [6.07, 6.45) is 13.6. The number of aromatic nitrogens is 6. The predicted octanol–water partition coefficient (Wildman–Crippen LogP) is 6.52. The largest absolute Gasteiger partial charge is 0.364 e. The first kappa shape index (κ1) is 27.7. The van der Waals surface area contributed by atoms with Gasteiger partial charge < -0.3 is 20.6 Å². The summed E-state index contributed by atoms with van der Waals surface area (Å²) in [5.41, 5.74) is 5.30. The van der Waals surface area contributed by atoms with Gasteiger partial charge in [-0.1, -0.05) is 66.4 Å². The van der Waals surface area contributed by atoms with Crippen LogP contribution in [0.15, 0.2) is 42.7 Å². The first-order valence-electron chi connectivity index (χ1n) is 14.7. The van der Waals surface area contributed by atoms with Gasteiger partial charge in [0.05, 0.1) is 12.8 Å². The van der Waals surface area contributed by atoms with Crippen molar-refractivity contribution in [1.29, 1.82) is 0 Å². The molecular formula is C31H32N8O2S2. The van der Waals surface area contributed by atoms with Crippen LogP contribution in [0.1, 0.15) is 89.2 Å². The molecule has 0 spiro atoms. The Kier molecular flexibility index (Phi) is 7.62. The molecule has 1 saturated carbocycles. The van der Waals surface area contributed by atoms with Crippen LogP contribution in [0, 0.1) is 0 Å². The van der Waals surface area contributed by atoms with Crippen molar-refractivity contribution in [2.45, 2.75) is 69.6 Å². The monoisotopic (exact) mass is 612 g/mol. The molecule has 220 valence electrons. The van der Waals surface area contributed by atoms with Gasteiger partial charge in [0.25, 0.3) is 0 Å². The van der Waals surface area contributed by atoms with Crippen molar-refractivity contribution in [2.75, 3.05) is 10.6 Å². The molecule has 3 unspecified atom stereocenters. The summed E-state index contributed by atoms with van der Waals surface area (Å²) < 4.78 is 0. The van der Waals surface area contributed by atoms with Crippen LogP contribution in [-0.2, 0) is 22.4 Å². The highest BCUT2D eigenvalue weighted by Crippen LogP contribution is 2.43. The lowest BCUT2D eigenvalue weighted by atomic mass is 9.82. The topological polar surface area (TPSA) is 141 Å². The van der Waals surface area contributed by atoms with Crippen molar-refractivity contribution in [1.82, 2.24) is 30.4 Å². The smallest absolute Gasteiger partial charge is 0.230 e. The Morgan fingerprint density at radius 1 is 0.884 bits per heavy atom. The molecule has 0 radical (unpaired) electrons. The van der Waals surface area contributed by atoms with Crippen LogP contribution in [0.3, 0.4) is 0 Å². The second kappa shape index (κ2) is 11.8. The number of carbonyl (C=O) groups excluding carboxylic acids is 2. The fourth-order valence-electron chi connectivity index (χ4n) is 6.24. The van der Waals surface area contributed by atoms with Crippen LogP contribution < -0.4 is 10.6 Å². The molecule has 12 heteroatoms. The minimum atomic E-state index is -0.111. The Balaban J connectivity index is 0.943. The van der Waals surface area contributed by atoms with Crippen molar-refractivity contribution in [2.24, 2.45) is 0 Å². The lowest BCUT2D eigenvalue weighted by Crippen LogP contribution is -2.14. The van der Waals surface area contributed by atoms with Gasteiger partial charge in [0, 0.05) is 46.7 Å².